The molecule has 0 atom stereocenters. The Bertz CT molecular complexity index is 818. The van der Waals surface area contributed by atoms with E-state index in [1.807, 2.05) is 18.2 Å². The van der Waals surface area contributed by atoms with Crippen molar-refractivity contribution in [3.63, 3.8) is 0 Å². The summed E-state index contributed by atoms with van der Waals surface area (Å²) in [5, 5.41) is 16.6. The molecule has 0 radical (unpaired) electrons. The van der Waals surface area contributed by atoms with E-state index in [-0.39, 0.29) is 5.56 Å². The fourth-order valence-electron chi connectivity index (χ4n) is 1.98. The SMILES string of the molecule is N[n+]1c(SCc2ccc(C(=O)O)cc2)n[nH]c1-c1ccccn1. The number of nitrogens with two attached hydrogens (primary N) is 1. The van der Waals surface area contributed by atoms with Gasteiger partial charge in [-0.2, -0.15) is 0 Å². The van der Waals surface area contributed by atoms with Crippen molar-refractivity contribution in [3.8, 4) is 11.5 Å². The molecule has 0 aliphatic carbocycles. The zero-order chi connectivity index (χ0) is 16.2. The Morgan fingerprint density at radius 3 is 2.70 bits per heavy atom. The van der Waals surface area contributed by atoms with Gasteiger partial charge in [-0.05, 0) is 41.6 Å². The second kappa shape index (κ2) is 6.49. The lowest BCUT2D eigenvalue weighted by Gasteiger charge is -2.00. The van der Waals surface area contributed by atoms with Crippen LogP contribution in [0, 0.1) is 0 Å². The minimum Gasteiger partial charge on any atom is -0.478 e. The first kappa shape index (κ1) is 15.0. The van der Waals surface area contributed by atoms with E-state index < -0.39 is 5.97 Å². The van der Waals surface area contributed by atoms with Crippen LogP contribution >= 0.6 is 11.8 Å². The lowest BCUT2D eigenvalue weighted by Crippen LogP contribution is -2.47. The number of carboxylic acid groups (broad SMARTS) is 1. The molecule has 0 saturated heterocycles. The van der Waals surface area contributed by atoms with Gasteiger partial charge in [0, 0.05) is 11.9 Å². The van der Waals surface area contributed by atoms with Crippen molar-refractivity contribution in [2.24, 2.45) is 0 Å². The van der Waals surface area contributed by atoms with Gasteiger partial charge in [0.05, 0.1) is 10.7 Å². The number of carbonyl (C=O) groups is 1. The highest BCUT2D eigenvalue weighted by molar-refractivity contribution is 7.98. The van der Waals surface area contributed by atoms with E-state index in [0.29, 0.717) is 22.4 Å². The smallest absolute Gasteiger partial charge is 0.358 e. The molecule has 0 bridgehead atoms. The van der Waals surface area contributed by atoms with Crippen LogP contribution < -0.4 is 10.5 Å². The second-order valence-corrected chi connectivity index (χ2v) is 5.67. The molecule has 0 unspecified atom stereocenters. The Morgan fingerprint density at radius 2 is 2.04 bits per heavy atom. The van der Waals surface area contributed by atoms with Gasteiger partial charge < -0.3 is 5.11 Å². The molecular formula is C15H14N5O2S+. The number of carboxylic acids is 1. The van der Waals surface area contributed by atoms with Crippen LogP contribution in [0.5, 0.6) is 0 Å². The molecule has 116 valence electrons. The fourth-order valence-corrected chi connectivity index (χ4v) is 2.81. The number of nitrogens with zero attached hydrogens (tertiary/aromatic N) is 3. The second-order valence-electron chi connectivity index (χ2n) is 4.73. The van der Waals surface area contributed by atoms with E-state index in [2.05, 4.69) is 15.2 Å². The van der Waals surface area contributed by atoms with E-state index in [1.165, 1.54) is 16.4 Å². The standard InChI is InChI=1S/C15H13N5O2S/c16-20-13(12-3-1-2-8-17-12)18-19-15(20)23-9-10-4-6-11(7-5-10)14(21)22/h1-8H,9,16H2,(H,21,22)/p+1. The summed E-state index contributed by atoms with van der Waals surface area (Å²) in [4.78, 5) is 15.1. The third-order valence-electron chi connectivity index (χ3n) is 3.18. The topological polar surface area (TPSA) is 109 Å². The number of hydrogen-bond donors (Lipinski definition) is 3. The lowest BCUT2D eigenvalue weighted by atomic mass is 10.1. The summed E-state index contributed by atoms with van der Waals surface area (Å²) < 4.78 is 1.46. The van der Waals surface area contributed by atoms with Crippen LogP contribution in [0.1, 0.15) is 15.9 Å². The third kappa shape index (κ3) is 3.32. The van der Waals surface area contributed by atoms with Crippen LogP contribution in [0.25, 0.3) is 11.5 Å². The van der Waals surface area contributed by atoms with Crippen molar-refractivity contribution in [1.82, 2.24) is 15.2 Å². The van der Waals surface area contributed by atoms with Gasteiger partial charge >= 0.3 is 17.0 Å². The maximum atomic E-state index is 10.8. The number of benzene rings is 1. The van der Waals surface area contributed by atoms with Crippen molar-refractivity contribution in [2.45, 2.75) is 10.9 Å². The van der Waals surface area contributed by atoms with Gasteiger partial charge in [-0.15, -0.1) is 9.77 Å². The van der Waals surface area contributed by atoms with Crippen LogP contribution in [0.2, 0.25) is 0 Å². The monoisotopic (exact) mass is 328 g/mol. The lowest BCUT2D eigenvalue weighted by molar-refractivity contribution is -0.667. The first-order valence-electron chi connectivity index (χ1n) is 6.77. The van der Waals surface area contributed by atoms with Crippen LogP contribution in [0.15, 0.2) is 53.8 Å². The van der Waals surface area contributed by atoms with E-state index in [1.54, 1.807) is 30.5 Å². The quantitative estimate of drug-likeness (QED) is 0.372. The number of rotatable bonds is 5. The Balaban J connectivity index is 1.72. The molecule has 7 nitrogen and oxygen atoms in total. The van der Waals surface area contributed by atoms with Crippen molar-refractivity contribution < 1.29 is 14.6 Å². The fraction of sp³-hybridized carbons (Fsp3) is 0.0667. The van der Waals surface area contributed by atoms with Gasteiger partial charge in [-0.25, -0.2) is 9.78 Å². The summed E-state index contributed by atoms with van der Waals surface area (Å²) in [5.74, 6) is 6.36. The summed E-state index contributed by atoms with van der Waals surface area (Å²) in [6.07, 6.45) is 1.69. The highest BCUT2D eigenvalue weighted by Crippen LogP contribution is 2.19. The zero-order valence-electron chi connectivity index (χ0n) is 12.0. The van der Waals surface area contributed by atoms with Crippen LogP contribution in [0.3, 0.4) is 0 Å². The van der Waals surface area contributed by atoms with Gasteiger partial charge in [0.1, 0.15) is 5.69 Å². The number of thioether (sulfide) groups is 1. The molecule has 0 aliphatic rings. The van der Waals surface area contributed by atoms with Crippen molar-refractivity contribution >= 4 is 17.7 Å². The number of H-pyrrole nitrogens is 1. The van der Waals surface area contributed by atoms with Crippen LogP contribution in [-0.2, 0) is 5.75 Å². The van der Waals surface area contributed by atoms with E-state index in [4.69, 9.17) is 10.9 Å². The Morgan fingerprint density at radius 1 is 1.26 bits per heavy atom. The molecule has 3 aromatic rings. The highest BCUT2D eigenvalue weighted by atomic mass is 32.2. The third-order valence-corrected chi connectivity index (χ3v) is 4.20. The summed E-state index contributed by atoms with van der Waals surface area (Å²) in [6, 6.07) is 12.3. The Hall–Kier alpha value is -2.87. The molecular weight excluding hydrogens is 314 g/mol. The zero-order valence-corrected chi connectivity index (χ0v) is 12.8. The molecule has 0 fully saturated rings. The van der Waals surface area contributed by atoms with E-state index >= 15 is 0 Å². The molecule has 1 aromatic carbocycles. The van der Waals surface area contributed by atoms with Gasteiger partial charge in [-0.1, -0.05) is 18.2 Å². The molecule has 8 heteroatoms. The number of hydrogen-bond acceptors (Lipinski definition) is 5. The molecule has 0 aliphatic heterocycles. The number of pyridine rings is 1. The average Bonchev–Trinajstić information content (AvgIpc) is 2.95. The normalized spacial score (nSPS) is 10.6. The first-order valence-corrected chi connectivity index (χ1v) is 7.75. The first-order chi connectivity index (χ1) is 11.1. The molecule has 0 amide bonds. The summed E-state index contributed by atoms with van der Waals surface area (Å²) >= 11 is 1.45. The predicted molar refractivity (Wildman–Crippen MR) is 85.1 cm³/mol. The molecule has 2 heterocycles. The van der Waals surface area contributed by atoms with Crippen LogP contribution in [-0.4, -0.2) is 26.3 Å². The van der Waals surface area contributed by atoms with Crippen molar-refractivity contribution in [1.29, 1.82) is 0 Å². The van der Waals surface area contributed by atoms with Gasteiger partial charge in [0.15, 0.2) is 0 Å². The summed E-state index contributed by atoms with van der Waals surface area (Å²) in [5.41, 5.74) is 1.97. The van der Waals surface area contributed by atoms with Gasteiger partial charge in [0.2, 0.25) is 0 Å². The summed E-state index contributed by atoms with van der Waals surface area (Å²) in [7, 11) is 0. The van der Waals surface area contributed by atoms with Gasteiger partial charge in [-0.3, -0.25) is 5.84 Å². The van der Waals surface area contributed by atoms with Gasteiger partial charge in [0.25, 0.3) is 0 Å². The average molecular weight is 328 g/mol. The minimum absolute atomic E-state index is 0.268. The maximum absolute atomic E-state index is 10.8. The number of aromatic amines is 1. The molecule has 4 N–H and O–H groups in total. The number of nitrogen functional groups attached to an aromatic ring is 1. The molecule has 0 spiro atoms. The van der Waals surface area contributed by atoms with Crippen LogP contribution in [0.4, 0.5) is 0 Å². The van der Waals surface area contributed by atoms with E-state index in [0.717, 1.165) is 5.56 Å². The molecule has 2 aromatic heterocycles. The molecule has 23 heavy (non-hydrogen) atoms. The van der Waals surface area contributed by atoms with E-state index in [9.17, 15) is 4.79 Å². The number of aromatic carboxylic acids is 1. The number of nitrogens with one attached hydrogen (secondary N) is 1. The Kier molecular flexibility index (Phi) is 4.24. The molecule has 3 rings (SSSR count). The number of aromatic nitrogens is 4. The Labute approximate surface area is 136 Å². The summed E-state index contributed by atoms with van der Waals surface area (Å²) in [6.45, 7) is 0. The predicted octanol–water partition coefficient (Wildman–Crippen LogP) is 1.46. The highest BCUT2D eigenvalue weighted by Gasteiger charge is 2.20. The minimum atomic E-state index is -0.934. The molecule has 0 saturated carbocycles. The maximum Gasteiger partial charge on any atom is 0.358 e. The van der Waals surface area contributed by atoms with Crippen molar-refractivity contribution in [3.05, 3.63) is 59.8 Å². The van der Waals surface area contributed by atoms with Crippen molar-refractivity contribution in [2.75, 3.05) is 5.84 Å². The largest absolute Gasteiger partial charge is 0.478 e.